The Morgan fingerprint density at radius 2 is 1.73 bits per heavy atom. The van der Waals surface area contributed by atoms with Crippen LogP contribution in [-0.4, -0.2) is 15.2 Å². The molecule has 5 nitrogen and oxygen atoms in total. The van der Waals surface area contributed by atoms with Gasteiger partial charge in [0, 0.05) is 11.8 Å². The lowest BCUT2D eigenvalue weighted by atomic mass is 10.1. The molecule has 22 heavy (non-hydrogen) atoms. The van der Waals surface area contributed by atoms with Crippen LogP contribution in [0.15, 0.2) is 41.3 Å². The van der Waals surface area contributed by atoms with E-state index in [9.17, 15) is 8.42 Å². The van der Waals surface area contributed by atoms with Crippen molar-refractivity contribution in [2.75, 3.05) is 11.5 Å². The number of sulfonamides is 1. The van der Waals surface area contributed by atoms with Crippen molar-refractivity contribution in [1.29, 1.82) is 0 Å². The molecule has 2 aliphatic rings. The molecule has 0 atom stereocenters. The third-order valence-corrected chi connectivity index (χ3v) is 5.38. The van der Waals surface area contributed by atoms with Crippen LogP contribution in [0.25, 0.3) is 0 Å². The van der Waals surface area contributed by atoms with E-state index < -0.39 is 10.0 Å². The Morgan fingerprint density at radius 1 is 0.909 bits per heavy atom. The topological polar surface area (TPSA) is 64.6 Å². The van der Waals surface area contributed by atoms with Gasteiger partial charge in [-0.25, -0.2) is 8.42 Å². The fourth-order valence-corrected chi connectivity index (χ4v) is 3.96. The van der Waals surface area contributed by atoms with Crippen molar-refractivity contribution in [3.05, 3.63) is 47.5 Å². The molecule has 0 aromatic heterocycles. The SMILES string of the molecule is O=S(=O)(Nc1ccc2c(c1)CCC2)c1ccc2c(c1)OCO2. The summed E-state index contributed by atoms with van der Waals surface area (Å²) in [5, 5.41) is 0. The van der Waals surface area contributed by atoms with E-state index in [1.54, 1.807) is 6.07 Å². The monoisotopic (exact) mass is 317 g/mol. The summed E-state index contributed by atoms with van der Waals surface area (Å²) in [6, 6.07) is 10.3. The molecule has 0 saturated heterocycles. The van der Waals surface area contributed by atoms with Gasteiger partial charge < -0.3 is 9.47 Å². The molecular formula is C16H15NO4S. The Labute approximate surface area is 128 Å². The van der Waals surface area contributed by atoms with Crippen LogP contribution in [-0.2, 0) is 22.9 Å². The highest BCUT2D eigenvalue weighted by atomic mass is 32.2. The van der Waals surface area contributed by atoms with E-state index in [1.807, 2.05) is 18.2 Å². The van der Waals surface area contributed by atoms with Crippen molar-refractivity contribution in [2.24, 2.45) is 0 Å². The highest BCUT2D eigenvalue weighted by Gasteiger charge is 2.21. The minimum Gasteiger partial charge on any atom is -0.454 e. The standard InChI is InChI=1S/C16H15NO4S/c18-22(19,14-6-7-15-16(9-14)21-10-20-15)17-13-5-4-11-2-1-3-12(11)8-13/h4-9,17H,1-3,10H2. The van der Waals surface area contributed by atoms with E-state index in [-0.39, 0.29) is 11.7 Å². The quantitative estimate of drug-likeness (QED) is 0.945. The molecule has 0 bridgehead atoms. The van der Waals surface area contributed by atoms with Crippen LogP contribution >= 0.6 is 0 Å². The van der Waals surface area contributed by atoms with Gasteiger partial charge in [-0.3, -0.25) is 4.72 Å². The molecule has 2 aromatic carbocycles. The van der Waals surface area contributed by atoms with Gasteiger partial charge in [0.25, 0.3) is 10.0 Å². The lowest BCUT2D eigenvalue weighted by molar-refractivity contribution is 0.174. The first kappa shape index (κ1) is 13.5. The van der Waals surface area contributed by atoms with Gasteiger partial charge in [0.15, 0.2) is 11.5 Å². The van der Waals surface area contributed by atoms with Crippen LogP contribution in [0.1, 0.15) is 17.5 Å². The molecule has 2 aromatic rings. The maximum absolute atomic E-state index is 12.5. The maximum Gasteiger partial charge on any atom is 0.262 e. The molecule has 0 fully saturated rings. The van der Waals surface area contributed by atoms with E-state index in [2.05, 4.69) is 4.72 Å². The summed E-state index contributed by atoms with van der Waals surface area (Å²) in [5.74, 6) is 1.02. The predicted octanol–water partition coefficient (Wildman–Crippen LogP) is 2.70. The fraction of sp³-hybridized carbons (Fsp3) is 0.250. The Hall–Kier alpha value is -2.21. The minimum absolute atomic E-state index is 0.122. The van der Waals surface area contributed by atoms with Crippen molar-refractivity contribution in [2.45, 2.75) is 24.2 Å². The molecule has 4 rings (SSSR count). The number of hydrogen-bond acceptors (Lipinski definition) is 4. The average molecular weight is 317 g/mol. The molecule has 0 radical (unpaired) electrons. The van der Waals surface area contributed by atoms with E-state index in [4.69, 9.17) is 9.47 Å². The molecule has 0 saturated carbocycles. The third kappa shape index (κ3) is 2.29. The fourth-order valence-electron chi connectivity index (χ4n) is 2.89. The summed E-state index contributed by atoms with van der Waals surface area (Å²) in [6.07, 6.45) is 3.22. The van der Waals surface area contributed by atoms with Crippen LogP contribution in [0.4, 0.5) is 5.69 Å². The van der Waals surface area contributed by atoms with Crippen LogP contribution in [0.5, 0.6) is 11.5 Å². The van der Waals surface area contributed by atoms with E-state index in [0.29, 0.717) is 17.2 Å². The number of benzene rings is 2. The number of aryl methyl sites for hydroxylation is 2. The number of fused-ring (bicyclic) bond motifs is 2. The van der Waals surface area contributed by atoms with Gasteiger partial charge in [-0.2, -0.15) is 0 Å². The van der Waals surface area contributed by atoms with Crippen molar-refractivity contribution in [3.8, 4) is 11.5 Å². The summed E-state index contributed by atoms with van der Waals surface area (Å²) in [4.78, 5) is 0.164. The van der Waals surface area contributed by atoms with Crippen LogP contribution in [0, 0.1) is 0 Å². The highest BCUT2D eigenvalue weighted by molar-refractivity contribution is 7.92. The number of rotatable bonds is 3. The molecule has 0 unspecified atom stereocenters. The first-order valence-corrected chi connectivity index (χ1v) is 8.64. The molecule has 0 spiro atoms. The summed E-state index contributed by atoms with van der Waals surface area (Å²) in [7, 11) is -3.64. The molecule has 6 heteroatoms. The van der Waals surface area contributed by atoms with Crippen LogP contribution in [0.2, 0.25) is 0 Å². The second-order valence-corrected chi connectivity index (χ2v) is 7.14. The van der Waals surface area contributed by atoms with Gasteiger partial charge >= 0.3 is 0 Å². The van der Waals surface area contributed by atoms with Gasteiger partial charge in [0.05, 0.1) is 4.90 Å². The first-order valence-electron chi connectivity index (χ1n) is 7.16. The van der Waals surface area contributed by atoms with Gasteiger partial charge in [-0.05, 0) is 54.7 Å². The molecule has 1 aliphatic heterocycles. The van der Waals surface area contributed by atoms with Crippen molar-refractivity contribution < 1.29 is 17.9 Å². The number of hydrogen-bond donors (Lipinski definition) is 1. The number of ether oxygens (including phenoxy) is 2. The second kappa shape index (κ2) is 4.91. The zero-order chi connectivity index (χ0) is 15.2. The molecule has 1 N–H and O–H groups in total. The van der Waals surface area contributed by atoms with E-state index >= 15 is 0 Å². The molecule has 1 aliphatic carbocycles. The normalized spacial score (nSPS) is 15.6. The lowest BCUT2D eigenvalue weighted by Crippen LogP contribution is -2.13. The third-order valence-electron chi connectivity index (χ3n) is 4.01. The summed E-state index contributed by atoms with van der Waals surface area (Å²) in [6.45, 7) is 0.122. The Kier molecular flexibility index (Phi) is 3.00. The Balaban J connectivity index is 1.64. The number of anilines is 1. The van der Waals surface area contributed by atoms with Gasteiger partial charge in [0.2, 0.25) is 6.79 Å². The first-order chi connectivity index (χ1) is 10.6. The van der Waals surface area contributed by atoms with E-state index in [1.165, 1.54) is 23.3 Å². The summed E-state index contributed by atoms with van der Waals surface area (Å²) >= 11 is 0. The Morgan fingerprint density at radius 3 is 2.64 bits per heavy atom. The predicted molar refractivity (Wildman–Crippen MR) is 81.8 cm³/mol. The molecule has 0 amide bonds. The van der Waals surface area contributed by atoms with Gasteiger partial charge in [-0.1, -0.05) is 6.07 Å². The minimum atomic E-state index is -3.64. The van der Waals surface area contributed by atoms with Gasteiger partial charge in [-0.15, -0.1) is 0 Å². The Bertz CT molecular complexity index is 845. The second-order valence-electron chi connectivity index (χ2n) is 5.46. The molecule has 1 heterocycles. The average Bonchev–Trinajstić information content (AvgIpc) is 3.14. The van der Waals surface area contributed by atoms with Crippen molar-refractivity contribution in [1.82, 2.24) is 0 Å². The lowest BCUT2D eigenvalue weighted by Gasteiger charge is -2.10. The zero-order valence-corrected chi connectivity index (χ0v) is 12.7. The molecular weight excluding hydrogens is 302 g/mol. The largest absolute Gasteiger partial charge is 0.454 e. The van der Waals surface area contributed by atoms with E-state index in [0.717, 1.165) is 19.3 Å². The number of nitrogens with one attached hydrogen (secondary N) is 1. The van der Waals surface area contributed by atoms with Crippen LogP contribution in [0.3, 0.4) is 0 Å². The highest BCUT2D eigenvalue weighted by Crippen LogP contribution is 2.34. The summed E-state index contributed by atoms with van der Waals surface area (Å²) < 4.78 is 38.0. The van der Waals surface area contributed by atoms with Gasteiger partial charge in [0.1, 0.15) is 0 Å². The molecule has 114 valence electrons. The maximum atomic E-state index is 12.5. The van der Waals surface area contributed by atoms with Crippen molar-refractivity contribution >= 4 is 15.7 Å². The van der Waals surface area contributed by atoms with Crippen molar-refractivity contribution in [3.63, 3.8) is 0 Å². The zero-order valence-electron chi connectivity index (χ0n) is 11.8. The van der Waals surface area contributed by atoms with Crippen LogP contribution < -0.4 is 14.2 Å². The smallest absolute Gasteiger partial charge is 0.262 e. The summed E-state index contributed by atoms with van der Waals surface area (Å²) in [5.41, 5.74) is 3.13.